The SMILES string of the molecule is CCCc1nc2ccc(Br)cc2c(=O)n1N=Cc1cc(Cl)ccc1O[C@H](C)C(=O)OCC. The van der Waals surface area contributed by atoms with E-state index >= 15 is 0 Å². The molecule has 0 saturated carbocycles. The third-order valence-corrected chi connectivity index (χ3v) is 5.28. The zero-order valence-electron chi connectivity index (χ0n) is 18.0. The lowest BCUT2D eigenvalue weighted by atomic mass is 10.2. The summed E-state index contributed by atoms with van der Waals surface area (Å²) in [5.41, 5.74) is 0.848. The first kappa shape index (κ1) is 23.9. The number of carbonyl (C=O) groups is 1. The summed E-state index contributed by atoms with van der Waals surface area (Å²) in [6.07, 6.45) is 2.04. The van der Waals surface area contributed by atoms with Crippen LogP contribution in [0.2, 0.25) is 5.02 Å². The molecule has 7 nitrogen and oxygen atoms in total. The Kier molecular flexibility index (Phi) is 8.04. The zero-order valence-corrected chi connectivity index (χ0v) is 20.3. The molecule has 0 aliphatic rings. The molecule has 0 radical (unpaired) electrons. The van der Waals surface area contributed by atoms with Crippen LogP contribution in [0.4, 0.5) is 0 Å². The van der Waals surface area contributed by atoms with E-state index in [-0.39, 0.29) is 12.2 Å². The van der Waals surface area contributed by atoms with Gasteiger partial charge in [-0.1, -0.05) is 34.5 Å². The van der Waals surface area contributed by atoms with E-state index in [1.807, 2.05) is 13.0 Å². The van der Waals surface area contributed by atoms with Gasteiger partial charge in [-0.15, -0.1) is 0 Å². The van der Waals surface area contributed by atoms with Crippen LogP contribution in [0.15, 0.2) is 50.8 Å². The summed E-state index contributed by atoms with van der Waals surface area (Å²) >= 11 is 9.56. The number of hydrogen-bond donors (Lipinski definition) is 0. The maximum absolute atomic E-state index is 13.2. The summed E-state index contributed by atoms with van der Waals surface area (Å²) in [5, 5.41) is 5.33. The van der Waals surface area contributed by atoms with Crippen molar-refractivity contribution in [3.63, 3.8) is 0 Å². The van der Waals surface area contributed by atoms with Crippen LogP contribution in [0.3, 0.4) is 0 Å². The molecule has 0 bridgehead atoms. The van der Waals surface area contributed by atoms with Gasteiger partial charge in [-0.05, 0) is 56.7 Å². The number of nitrogens with zero attached hydrogens (tertiary/aromatic N) is 3. The van der Waals surface area contributed by atoms with Crippen LogP contribution in [0.25, 0.3) is 10.9 Å². The van der Waals surface area contributed by atoms with E-state index in [9.17, 15) is 9.59 Å². The molecule has 0 amide bonds. The Morgan fingerprint density at radius 1 is 1.28 bits per heavy atom. The predicted octanol–water partition coefficient (Wildman–Crippen LogP) is 4.98. The quantitative estimate of drug-likeness (QED) is 0.309. The average molecular weight is 521 g/mol. The highest BCUT2D eigenvalue weighted by molar-refractivity contribution is 9.10. The Labute approximate surface area is 199 Å². The number of fused-ring (bicyclic) bond motifs is 1. The van der Waals surface area contributed by atoms with Crippen molar-refractivity contribution >= 4 is 50.6 Å². The van der Waals surface area contributed by atoms with Gasteiger partial charge in [-0.2, -0.15) is 9.78 Å². The Morgan fingerprint density at radius 3 is 2.78 bits per heavy atom. The lowest BCUT2D eigenvalue weighted by molar-refractivity contribution is -0.150. The molecule has 0 aliphatic heterocycles. The zero-order chi connectivity index (χ0) is 23.3. The van der Waals surface area contributed by atoms with Gasteiger partial charge in [0.2, 0.25) is 0 Å². The Morgan fingerprint density at radius 2 is 2.06 bits per heavy atom. The van der Waals surface area contributed by atoms with Gasteiger partial charge in [0.25, 0.3) is 5.56 Å². The minimum atomic E-state index is -0.818. The van der Waals surface area contributed by atoms with Crippen LogP contribution in [0, 0.1) is 0 Å². The van der Waals surface area contributed by atoms with Gasteiger partial charge in [0.1, 0.15) is 11.6 Å². The van der Waals surface area contributed by atoms with Crippen LogP contribution in [-0.2, 0) is 16.0 Å². The average Bonchev–Trinajstić information content (AvgIpc) is 2.76. The van der Waals surface area contributed by atoms with Gasteiger partial charge in [0.05, 0.1) is 23.7 Å². The first-order valence-electron chi connectivity index (χ1n) is 10.2. The molecule has 2 aromatic carbocycles. The van der Waals surface area contributed by atoms with Gasteiger partial charge >= 0.3 is 5.97 Å². The molecule has 168 valence electrons. The highest BCUT2D eigenvalue weighted by Gasteiger charge is 2.17. The lowest BCUT2D eigenvalue weighted by Gasteiger charge is -2.15. The van der Waals surface area contributed by atoms with Crippen molar-refractivity contribution in [2.75, 3.05) is 6.61 Å². The third-order valence-electron chi connectivity index (χ3n) is 4.56. The van der Waals surface area contributed by atoms with Gasteiger partial charge < -0.3 is 9.47 Å². The number of aromatic nitrogens is 2. The summed E-state index contributed by atoms with van der Waals surface area (Å²) in [6.45, 7) is 5.59. The third kappa shape index (κ3) is 5.55. The summed E-state index contributed by atoms with van der Waals surface area (Å²) in [6, 6.07) is 10.3. The van der Waals surface area contributed by atoms with Crippen LogP contribution < -0.4 is 10.3 Å². The Balaban J connectivity index is 2.04. The van der Waals surface area contributed by atoms with Crippen molar-refractivity contribution in [1.29, 1.82) is 0 Å². The normalized spacial score (nSPS) is 12.3. The van der Waals surface area contributed by atoms with Crippen LogP contribution in [0.5, 0.6) is 5.75 Å². The number of aryl methyl sites for hydroxylation is 1. The molecular weight excluding hydrogens is 498 g/mol. The first-order chi connectivity index (χ1) is 15.3. The Bertz CT molecular complexity index is 1230. The van der Waals surface area contributed by atoms with Gasteiger partial charge in [-0.3, -0.25) is 4.79 Å². The maximum Gasteiger partial charge on any atom is 0.347 e. The fourth-order valence-corrected chi connectivity index (χ4v) is 3.59. The van der Waals surface area contributed by atoms with E-state index in [1.54, 1.807) is 44.2 Å². The molecule has 3 aromatic rings. The number of halogens is 2. The first-order valence-corrected chi connectivity index (χ1v) is 11.4. The fourth-order valence-electron chi connectivity index (χ4n) is 3.04. The van der Waals surface area contributed by atoms with Gasteiger partial charge in [-0.25, -0.2) is 9.78 Å². The summed E-state index contributed by atoms with van der Waals surface area (Å²) < 4.78 is 12.8. The van der Waals surface area contributed by atoms with Crippen LogP contribution in [-0.4, -0.2) is 34.6 Å². The van der Waals surface area contributed by atoms with E-state index in [2.05, 4.69) is 26.0 Å². The molecular formula is C23H23BrClN3O4. The summed E-state index contributed by atoms with van der Waals surface area (Å²) in [4.78, 5) is 29.7. The van der Waals surface area contributed by atoms with Gasteiger partial charge in [0, 0.05) is 21.5 Å². The largest absolute Gasteiger partial charge is 0.478 e. The number of carbonyl (C=O) groups excluding carboxylic acids is 1. The van der Waals surface area contributed by atoms with Crippen LogP contribution >= 0.6 is 27.5 Å². The number of hydrogen-bond acceptors (Lipinski definition) is 6. The standard InChI is InChI=1S/C23H23BrClN3O4/c1-4-6-21-27-19-9-7-16(24)12-18(19)22(29)28(21)26-13-15-11-17(25)8-10-20(15)32-14(3)23(30)31-5-2/h7-14H,4-6H2,1-3H3/t14-/m1/s1. The number of rotatable bonds is 8. The van der Waals surface area contributed by atoms with Gasteiger partial charge in [0.15, 0.2) is 6.10 Å². The minimum Gasteiger partial charge on any atom is -0.478 e. The summed E-state index contributed by atoms with van der Waals surface area (Å²) in [5.74, 6) is 0.462. The van der Waals surface area contributed by atoms with E-state index in [0.717, 1.165) is 10.9 Å². The molecule has 32 heavy (non-hydrogen) atoms. The molecule has 3 rings (SSSR count). The van der Waals surface area contributed by atoms with Crippen LogP contribution in [0.1, 0.15) is 38.6 Å². The van der Waals surface area contributed by atoms with E-state index in [1.165, 1.54) is 10.9 Å². The number of esters is 1. The number of ether oxygens (including phenoxy) is 2. The van der Waals surface area contributed by atoms with Crippen molar-refractivity contribution in [2.45, 2.75) is 39.7 Å². The monoisotopic (exact) mass is 519 g/mol. The number of benzene rings is 2. The van der Waals surface area contributed by atoms with Crippen molar-refractivity contribution in [3.8, 4) is 5.75 Å². The molecule has 9 heteroatoms. The molecule has 1 aromatic heterocycles. The highest BCUT2D eigenvalue weighted by Crippen LogP contribution is 2.23. The fraction of sp³-hybridized carbons (Fsp3) is 0.304. The second kappa shape index (κ2) is 10.7. The van der Waals surface area contributed by atoms with E-state index in [0.29, 0.717) is 39.5 Å². The minimum absolute atomic E-state index is 0.260. The second-order valence-electron chi connectivity index (χ2n) is 7.00. The van der Waals surface area contributed by atoms with E-state index in [4.69, 9.17) is 21.1 Å². The van der Waals surface area contributed by atoms with Crippen molar-refractivity contribution in [2.24, 2.45) is 5.10 Å². The highest BCUT2D eigenvalue weighted by atomic mass is 79.9. The topological polar surface area (TPSA) is 82.8 Å². The lowest BCUT2D eigenvalue weighted by Crippen LogP contribution is -2.26. The predicted molar refractivity (Wildman–Crippen MR) is 129 cm³/mol. The maximum atomic E-state index is 13.2. The van der Waals surface area contributed by atoms with E-state index < -0.39 is 12.1 Å². The molecule has 0 saturated heterocycles. The van der Waals surface area contributed by atoms with Crippen molar-refractivity contribution in [1.82, 2.24) is 9.66 Å². The molecule has 1 atom stereocenters. The smallest absolute Gasteiger partial charge is 0.347 e. The molecule has 1 heterocycles. The molecule has 0 fully saturated rings. The molecule has 0 spiro atoms. The van der Waals surface area contributed by atoms with Crippen molar-refractivity contribution in [3.05, 3.63) is 67.6 Å². The molecule has 0 unspecified atom stereocenters. The Hall–Kier alpha value is -2.71. The molecule has 0 aliphatic carbocycles. The van der Waals surface area contributed by atoms with Crippen molar-refractivity contribution < 1.29 is 14.3 Å². The second-order valence-corrected chi connectivity index (χ2v) is 8.35. The summed E-state index contributed by atoms with van der Waals surface area (Å²) in [7, 11) is 0. The molecule has 0 N–H and O–H groups in total.